The maximum atomic E-state index is 12.1. The highest BCUT2D eigenvalue weighted by Gasteiger charge is 2.31. The van der Waals surface area contributed by atoms with Gasteiger partial charge in [0.2, 0.25) is 0 Å². The van der Waals surface area contributed by atoms with Crippen molar-refractivity contribution in [2.45, 2.75) is 6.36 Å². The van der Waals surface area contributed by atoms with Crippen LogP contribution in [0.4, 0.5) is 24.5 Å². The Hall–Kier alpha value is -2.35. The summed E-state index contributed by atoms with van der Waals surface area (Å²) in [5, 5.41) is 2.67. The van der Waals surface area contributed by atoms with E-state index in [0.29, 0.717) is 16.9 Å². The molecule has 0 bridgehead atoms. The largest absolute Gasteiger partial charge is 0.573 e. The van der Waals surface area contributed by atoms with Crippen LogP contribution in [0.25, 0.3) is 0 Å². The Balaban J connectivity index is 1.90. The van der Waals surface area contributed by atoms with Crippen molar-refractivity contribution in [2.24, 2.45) is 4.99 Å². The number of ether oxygens (including phenoxy) is 1. The van der Waals surface area contributed by atoms with Crippen molar-refractivity contribution < 1.29 is 22.7 Å². The van der Waals surface area contributed by atoms with Crippen LogP contribution in [0.15, 0.2) is 51.9 Å². The van der Waals surface area contributed by atoms with E-state index < -0.39 is 6.36 Å². The highest BCUT2D eigenvalue weighted by Crippen LogP contribution is 2.29. The lowest BCUT2D eigenvalue weighted by atomic mass is 10.1. The summed E-state index contributed by atoms with van der Waals surface area (Å²) in [6.45, 7) is 0. The van der Waals surface area contributed by atoms with Gasteiger partial charge in [-0.2, -0.15) is 0 Å². The molecule has 23 heavy (non-hydrogen) atoms. The molecule has 1 N–H and O–H groups in total. The number of alkyl halides is 3. The van der Waals surface area contributed by atoms with Crippen LogP contribution >= 0.6 is 15.9 Å². The number of nitrogens with one attached hydrogen (secondary N) is 1. The SMILES string of the molecule is O=C1Nc2ccc(Br)cc2C1=Nc1ccc(OC(F)(F)F)cc1. The van der Waals surface area contributed by atoms with Gasteiger partial charge in [0.15, 0.2) is 0 Å². The first-order valence-corrected chi connectivity index (χ1v) is 7.17. The average molecular weight is 385 g/mol. The number of carbonyl (C=O) groups excluding carboxylic acids is 1. The monoisotopic (exact) mass is 384 g/mol. The molecule has 3 rings (SSSR count). The van der Waals surface area contributed by atoms with E-state index in [4.69, 9.17) is 0 Å². The first-order chi connectivity index (χ1) is 10.8. The van der Waals surface area contributed by atoms with Gasteiger partial charge in [0.05, 0.1) is 11.4 Å². The number of amides is 1. The molecule has 118 valence electrons. The van der Waals surface area contributed by atoms with Gasteiger partial charge in [0, 0.05) is 10.0 Å². The van der Waals surface area contributed by atoms with Crippen LogP contribution in [0.5, 0.6) is 5.75 Å². The van der Waals surface area contributed by atoms with Gasteiger partial charge in [-0.15, -0.1) is 13.2 Å². The van der Waals surface area contributed by atoms with E-state index in [9.17, 15) is 18.0 Å². The molecule has 2 aromatic rings. The summed E-state index contributed by atoms with van der Waals surface area (Å²) in [4.78, 5) is 16.2. The van der Waals surface area contributed by atoms with Gasteiger partial charge in [-0.3, -0.25) is 4.79 Å². The van der Waals surface area contributed by atoms with Crippen molar-refractivity contribution >= 4 is 38.9 Å². The van der Waals surface area contributed by atoms with Crippen LogP contribution in [0.1, 0.15) is 5.56 Å². The number of rotatable bonds is 2. The Morgan fingerprint density at radius 3 is 2.43 bits per heavy atom. The van der Waals surface area contributed by atoms with E-state index in [1.807, 2.05) is 0 Å². The van der Waals surface area contributed by atoms with Gasteiger partial charge in [0.1, 0.15) is 11.5 Å². The fourth-order valence-corrected chi connectivity index (χ4v) is 2.45. The van der Waals surface area contributed by atoms with Crippen LogP contribution in [0.3, 0.4) is 0 Å². The third-order valence-electron chi connectivity index (χ3n) is 3.01. The standard InChI is InChI=1S/C15H8BrF3N2O2/c16-8-1-6-12-11(7-8)13(14(22)21-12)20-9-2-4-10(5-3-9)23-15(17,18)19/h1-7H,(H,20,21,22). The summed E-state index contributed by atoms with van der Waals surface area (Å²) < 4.78 is 40.9. The molecular formula is C15H8BrF3N2O2. The number of aliphatic imine (C=N–C) groups is 1. The number of fused-ring (bicyclic) bond motifs is 1. The van der Waals surface area contributed by atoms with Crippen molar-refractivity contribution in [3.8, 4) is 5.75 Å². The fourth-order valence-electron chi connectivity index (χ4n) is 2.09. The summed E-state index contributed by atoms with van der Waals surface area (Å²) in [6.07, 6.45) is -4.75. The lowest BCUT2D eigenvalue weighted by molar-refractivity contribution is -0.274. The van der Waals surface area contributed by atoms with Gasteiger partial charge in [0.25, 0.3) is 5.91 Å². The number of anilines is 1. The molecule has 0 aromatic heterocycles. The Bertz CT molecular complexity index is 801. The molecule has 1 aliphatic rings. The lowest BCUT2D eigenvalue weighted by Crippen LogP contribution is -2.16. The maximum Gasteiger partial charge on any atom is 0.573 e. The number of halogens is 4. The van der Waals surface area contributed by atoms with Crippen molar-refractivity contribution in [3.05, 3.63) is 52.5 Å². The Kier molecular flexibility index (Phi) is 3.85. The molecule has 8 heteroatoms. The molecule has 0 saturated heterocycles. The van der Waals surface area contributed by atoms with Crippen molar-refractivity contribution in [2.75, 3.05) is 5.32 Å². The lowest BCUT2D eigenvalue weighted by Gasteiger charge is -2.08. The molecular weight excluding hydrogens is 377 g/mol. The minimum absolute atomic E-state index is 0.200. The average Bonchev–Trinajstić information content (AvgIpc) is 2.75. The van der Waals surface area contributed by atoms with Gasteiger partial charge >= 0.3 is 6.36 Å². The van der Waals surface area contributed by atoms with Crippen LogP contribution in [-0.4, -0.2) is 18.0 Å². The maximum absolute atomic E-state index is 12.1. The molecule has 0 fully saturated rings. The van der Waals surface area contributed by atoms with Crippen molar-refractivity contribution in [3.63, 3.8) is 0 Å². The minimum atomic E-state index is -4.75. The third-order valence-corrected chi connectivity index (χ3v) is 3.50. The van der Waals surface area contributed by atoms with Gasteiger partial charge in [-0.25, -0.2) is 4.99 Å². The molecule has 0 radical (unpaired) electrons. The van der Waals surface area contributed by atoms with Crippen LogP contribution in [0.2, 0.25) is 0 Å². The first kappa shape index (κ1) is 15.5. The van der Waals surface area contributed by atoms with Crippen LogP contribution < -0.4 is 10.1 Å². The number of hydrogen-bond donors (Lipinski definition) is 1. The zero-order valence-corrected chi connectivity index (χ0v) is 12.9. The van der Waals surface area contributed by atoms with Crippen molar-refractivity contribution in [1.29, 1.82) is 0 Å². The summed E-state index contributed by atoms with van der Waals surface area (Å²) in [7, 11) is 0. The molecule has 0 atom stereocenters. The van der Waals surface area contributed by atoms with Gasteiger partial charge < -0.3 is 10.1 Å². The normalized spacial score (nSPS) is 15.5. The number of benzene rings is 2. The van der Waals surface area contributed by atoms with E-state index >= 15 is 0 Å². The summed E-state index contributed by atoms with van der Waals surface area (Å²) >= 11 is 3.32. The van der Waals surface area contributed by atoms with E-state index in [0.717, 1.165) is 16.6 Å². The summed E-state index contributed by atoms with van der Waals surface area (Å²) in [5.74, 6) is -0.714. The zero-order valence-electron chi connectivity index (χ0n) is 11.3. The van der Waals surface area contributed by atoms with Crippen LogP contribution in [0, 0.1) is 0 Å². The van der Waals surface area contributed by atoms with E-state index in [1.165, 1.54) is 12.1 Å². The quantitative estimate of drug-likeness (QED) is 0.832. The number of hydrogen-bond acceptors (Lipinski definition) is 3. The molecule has 0 aliphatic carbocycles. The molecule has 1 aliphatic heterocycles. The Labute approximate surface area is 137 Å². The zero-order chi connectivity index (χ0) is 16.6. The topological polar surface area (TPSA) is 50.7 Å². The second-order valence-corrected chi connectivity index (χ2v) is 5.56. The fraction of sp³-hybridized carbons (Fsp3) is 0.0667. The second-order valence-electron chi connectivity index (χ2n) is 4.65. The molecule has 0 saturated carbocycles. The second kappa shape index (κ2) is 5.69. The molecule has 2 aromatic carbocycles. The summed E-state index contributed by atoms with van der Waals surface area (Å²) in [5.41, 5.74) is 1.80. The van der Waals surface area contributed by atoms with Crippen LogP contribution in [-0.2, 0) is 4.79 Å². The molecule has 0 spiro atoms. The Morgan fingerprint density at radius 2 is 1.78 bits per heavy atom. The highest BCUT2D eigenvalue weighted by atomic mass is 79.9. The molecule has 1 heterocycles. The molecule has 0 unspecified atom stereocenters. The molecule has 1 amide bonds. The van der Waals surface area contributed by atoms with Gasteiger partial charge in [-0.1, -0.05) is 15.9 Å². The Morgan fingerprint density at radius 1 is 1.09 bits per heavy atom. The van der Waals surface area contributed by atoms with E-state index in [-0.39, 0.29) is 17.4 Å². The smallest absolute Gasteiger partial charge is 0.406 e. The highest BCUT2D eigenvalue weighted by molar-refractivity contribution is 9.10. The summed E-state index contributed by atoms with van der Waals surface area (Å²) in [6, 6.07) is 10.2. The van der Waals surface area contributed by atoms with Crippen molar-refractivity contribution in [1.82, 2.24) is 0 Å². The predicted molar refractivity (Wildman–Crippen MR) is 82.1 cm³/mol. The molecule has 4 nitrogen and oxygen atoms in total. The minimum Gasteiger partial charge on any atom is -0.406 e. The first-order valence-electron chi connectivity index (χ1n) is 6.37. The van der Waals surface area contributed by atoms with Gasteiger partial charge in [-0.05, 0) is 42.5 Å². The van der Waals surface area contributed by atoms with E-state index in [1.54, 1.807) is 18.2 Å². The predicted octanol–water partition coefficient (Wildman–Crippen LogP) is 4.42. The number of nitrogens with zero attached hydrogens (tertiary/aromatic N) is 1. The third kappa shape index (κ3) is 3.53. The number of carbonyl (C=O) groups is 1. The van der Waals surface area contributed by atoms with E-state index in [2.05, 4.69) is 31.0 Å².